The molecule has 1 aliphatic rings. The van der Waals surface area contributed by atoms with Crippen LogP contribution in [-0.2, 0) is 4.74 Å². The van der Waals surface area contributed by atoms with Crippen LogP contribution in [0.15, 0.2) is 18.2 Å². The maximum atomic E-state index is 13.5. The van der Waals surface area contributed by atoms with Crippen molar-refractivity contribution in [1.29, 1.82) is 0 Å². The number of aliphatic hydroxyl groups excluding tert-OH is 1. The third-order valence-corrected chi connectivity index (χ3v) is 3.46. The summed E-state index contributed by atoms with van der Waals surface area (Å²) < 4.78 is 24.2. The molecule has 0 radical (unpaired) electrons. The molecule has 1 unspecified atom stereocenters. The predicted molar refractivity (Wildman–Crippen MR) is 70.8 cm³/mol. The Bertz CT molecular complexity index is 402. The Hall–Kier alpha value is -1.13. The minimum Gasteiger partial charge on any atom is -0.488 e. The van der Waals surface area contributed by atoms with Gasteiger partial charge in [0.2, 0.25) is 0 Å². The smallest absolute Gasteiger partial charge is 0.165 e. The zero-order valence-electron chi connectivity index (χ0n) is 11.3. The van der Waals surface area contributed by atoms with Gasteiger partial charge in [-0.3, -0.25) is 0 Å². The van der Waals surface area contributed by atoms with E-state index in [4.69, 9.17) is 9.47 Å². The van der Waals surface area contributed by atoms with Gasteiger partial charge in [0.1, 0.15) is 6.61 Å². The number of benzene rings is 1. The Balaban J connectivity index is 1.77. The van der Waals surface area contributed by atoms with Gasteiger partial charge >= 0.3 is 0 Å². The number of hydrogen-bond donors (Lipinski definition) is 1. The van der Waals surface area contributed by atoms with E-state index in [1.807, 2.05) is 6.92 Å². The second-order valence-corrected chi connectivity index (χ2v) is 5.19. The van der Waals surface area contributed by atoms with Crippen molar-refractivity contribution in [2.45, 2.75) is 32.3 Å². The first-order valence-corrected chi connectivity index (χ1v) is 6.80. The van der Waals surface area contributed by atoms with Crippen molar-refractivity contribution in [2.75, 3.05) is 19.8 Å². The quantitative estimate of drug-likeness (QED) is 0.892. The molecule has 1 atom stereocenters. The summed E-state index contributed by atoms with van der Waals surface area (Å²) in [5, 5.41) is 9.92. The Kier molecular flexibility index (Phi) is 5.16. The second kappa shape index (κ2) is 6.87. The monoisotopic (exact) mass is 268 g/mol. The first-order valence-electron chi connectivity index (χ1n) is 6.80. The molecule has 0 aliphatic carbocycles. The Labute approximate surface area is 113 Å². The molecule has 106 valence electrons. The molecular weight excluding hydrogens is 247 g/mol. The van der Waals surface area contributed by atoms with Crippen LogP contribution in [0.25, 0.3) is 0 Å². The highest BCUT2D eigenvalue weighted by molar-refractivity contribution is 5.28. The van der Waals surface area contributed by atoms with Gasteiger partial charge in [0.15, 0.2) is 11.6 Å². The van der Waals surface area contributed by atoms with Crippen molar-refractivity contribution < 1.29 is 19.0 Å². The van der Waals surface area contributed by atoms with Crippen molar-refractivity contribution in [3.63, 3.8) is 0 Å². The average molecular weight is 268 g/mol. The van der Waals surface area contributed by atoms with E-state index in [1.165, 1.54) is 6.07 Å². The zero-order chi connectivity index (χ0) is 13.7. The summed E-state index contributed by atoms with van der Waals surface area (Å²) in [5.74, 6) is 0.310. The summed E-state index contributed by atoms with van der Waals surface area (Å²) in [6.07, 6.45) is 2.10. The highest BCUT2D eigenvalue weighted by Crippen LogP contribution is 2.22. The fraction of sp³-hybridized carbons (Fsp3) is 0.600. The minimum absolute atomic E-state index is 0.136. The standard InChI is InChI=1S/C15H21FO3/c1-11-2-3-15(14(16)8-11)19-10-13(17)9-12-4-6-18-7-5-12/h2-3,8,12-13,17H,4-7,9-10H2,1H3. The van der Waals surface area contributed by atoms with Crippen LogP contribution in [0, 0.1) is 18.7 Å². The molecule has 1 saturated heterocycles. The van der Waals surface area contributed by atoms with Crippen LogP contribution < -0.4 is 4.74 Å². The molecule has 0 aromatic heterocycles. The molecule has 1 aromatic carbocycles. The van der Waals surface area contributed by atoms with E-state index >= 15 is 0 Å². The minimum atomic E-state index is -0.552. The van der Waals surface area contributed by atoms with E-state index in [1.54, 1.807) is 12.1 Å². The highest BCUT2D eigenvalue weighted by atomic mass is 19.1. The van der Waals surface area contributed by atoms with E-state index in [0.29, 0.717) is 12.3 Å². The third kappa shape index (κ3) is 4.48. The molecule has 1 fully saturated rings. The van der Waals surface area contributed by atoms with Crippen molar-refractivity contribution >= 4 is 0 Å². The first kappa shape index (κ1) is 14.3. The fourth-order valence-electron chi connectivity index (χ4n) is 2.34. The Morgan fingerprint density at radius 1 is 1.42 bits per heavy atom. The SMILES string of the molecule is Cc1ccc(OCC(O)CC2CCOCC2)c(F)c1. The summed E-state index contributed by atoms with van der Waals surface area (Å²) in [7, 11) is 0. The van der Waals surface area contributed by atoms with E-state index in [9.17, 15) is 9.50 Å². The lowest BCUT2D eigenvalue weighted by atomic mass is 9.94. The maximum Gasteiger partial charge on any atom is 0.165 e. The third-order valence-electron chi connectivity index (χ3n) is 3.46. The van der Waals surface area contributed by atoms with Gasteiger partial charge in [0.25, 0.3) is 0 Å². The molecule has 0 saturated carbocycles. The van der Waals surface area contributed by atoms with Gasteiger partial charge in [-0.05, 0) is 49.8 Å². The number of aryl methyl sites for hydroxylation is 1. The first-order chi connectivity index (χ1) is 9.15. The Morgan fingerprint density at radius 3 is 2.84 bits per heavy atom. The lowest BCUT2D eigenvalue weighted by Crippen LogP contribution is -2.25. The van der Waals surface area contributed by atoms with Crippen LogP contribution in [0.4, 0.5) is 4.39 Å². The van der Waals surface area contributed by atoms with Gasteiger partial charge in [-0.2, -0.15) is 0 Å². The fourth-order valence-corrected chi connectivity index (χ4v) is 2.34. The van der Waals surface area contributed by atoms with Crippen LogP contribution in [0.3, 0.4) is 0 Å². The molecule has 4 heteroatoms. The molecule has 0 spiro atoms. The van der Waals surface area contributed by atoms with Crippen LogP contribution >= 0.6 is 0 Å². The molecular formula is C15H21FO3. The maximum absolute atomic E-state index is 13.5. The van der Waals surface area contributed by atoms with E-state index < -0.39 is 6.10 Å². The van der Waals surface area contributed by atoms with Gasteiger partial charge < -0.3 is 14.6 Å². The van der Waals surface area contributed by atoms with E-state index in [2.05, 4.69) is 0 Å². The van der Waals surface area contributed by atoms with Crippen molar-refractivity contribution in [1.82, 2.24) is 0 Å². The normalized spacial score (nSPS) is 18.3. The molecule has 19 heavy (non-hydrogen) atoms. The number of aliphatic hydroxyl groups is 1. The van der Waals surface area contributed by atoms with Gasteiger partial charge in [0, 0.05) is 13.2 Å². The summed E-state index contributed by atoms with van der Waals surface area (Å²) in [5.41, 5.74) is 0.854. The molecule has 1 N–H and O–H groups in total. The van der Waals surface area contributed by atoms with Crippen LogP contribution in [0.1, 0.15) is 24.8 Å². The van der Waals surface area contributed by atoms with E-state index in [-0.39, 0.29) is 18.2 Å². The van der Waals surface area contributed by atoms with Crippen molar-refractivity contribution in [3.05, 3.63) is 29.6 Å². The summed E-state index contributed by atoms with van der Waals surface area (Å²) in [4.78, 5) is 0. The lowest BCUT2D eigenvalue weighted by molar-refractivity contribution is 0.0308. The summed E-state index contributed by atoms with van der Waals surface area (Å²) in [6.45, 7) is 3.50. The summed E-state index contributed by atoms with van der Waals surface area (Å²) in [6, 6.07) is 4.83. The molecule has 3 nitrogen and oxygen atoms in total. The van der Waals surface area contributed by atoms with Gasteiger partial charge in [-0.15, -0.1) is 0 Å². The molecule has 0 amide bonds. The second-order valence-electron chi connectivity index (χ2n) is 5.19. The molecule has 1 aliphatic heterocycles. The molecule has 0 bridgehead atoms. The van der Waals surface area contributed by atoms with Crippen LogP contribution in [0.5, 0.6) is 5.75 Å². The number of rotatable bonds is 5. The predicted octanol–water partition coefficient (Wildman–Crippen LogP) is 2.69. The summed E-state index contributed by atoms with van der Waals surface area (Å²) >= 11 is 0. The van der Waals surface area contributed by atoms with Gasteiger partial charge in [-0.1, -0.05) is 6.07 Å². The average Bonchev–Trinajstić information content (AvgIpc) is 2.39. The topological polar surface area (TPSA) is 38.7 Å². The zero-order valence-corrected chi connectivity index (χ0v) is 11.3. The molecule has 1 heterocycles. The van der Waals surface area contributed by atoms with Crippen LogP contribution in [0.2, 0.25) is 0 Å². The molecule has 1 aromatic rings. The highest BCUT2D eigenvalue weighted by Gasteiger charge is 2.18. The largest absolute Gasteiger partial charge is 0.488 e. The van der Waals surface area contributed by atoms with Crippen molar-refractivity contribution in [3.8, 4) is 5.75 Å². The van der Waals surface area contributed by atoms with Crippen molar-refractivity contribution in [2.24, 2.45) is 5.92 Å². The van der Waals surface area contributed by atoms with Crippen LogP contribution in [-0.4, -0.2) is 31.0 Å². The number of halogens is 1. The van der Waals surface area contributed by atoms with Gasteiger partial charge in [-0.25, -0.2) is 4.39 Å². The van der Waals surface area contributed by atoms with Gasteiger partial charge in [0.05, 0.1) is 6.10 Å². The lowest BCUT2D eigenvalue weighted by Gasteiger charge is -2.24. The van der Waals surface area contributed by atoms with E-state index in [0.717, 1.165) is 31.6 Å². The number of ether oxygens (including phenoxy) is 2. The Morgan fingerprint density at radius 2 is 2.16 bits per heavy atom. The number of hydrogen-bond acceptors (Lipinski definition) is 3. The molecule has 2 rings (SSSR count).